The van der Waals surface area contributed by atoms with Crippen LogP contribution in [-0.4, -0.2) is 32.0 Å². The monoisotopic (exact) mass is 402 g/mol. The Morgan fingerprint density at radius 2 is 1.96 bits per heavy atom. The SMILES string of the molecule is Cc1cc(C(=O)NNS(=O)(=O)c2ccc(OCC(=O)O)c(Cl)c2)c(C)o1. The van der Waals surface area contributed by atoms with Gasteiger partial charge in [0.1, 0.15) is 17.3 Å². The molecule has 3 N–H and O–H groups in total. The zero-order valence-electron chi connectivity index (χ0n) is 13.7. The minimum absolute atomic E-state index is 0.0153. The molecule has 0 fully saturated rings. The van der Waals surface area contributed by atoms with Gasteiger partial charge in [-0.2, -0.15) is 0 Å². The van der Waals surface area contributed by atoms with Crippen molar-refractivity contribution in [1.82, 2.24) is 10.3 Å². The lowest BCUT2D eigenvalue weighted by molar-refractivity contribution is -0.139. The number of aliphatic carboxylic acids is 1. The molecule has 9 nitrogen and oxygen atoms in total. The van der Waals surface area contributed by atoms with Crippen LogP contribution in [0.25, 0.3) is 0 Å². The second kappa shape index (κ2) is 7.77. The van der Waals surface area contributed by atoms with Gasteiger partial charge in [0.2, 0.25) is 0 Å². The minimum Gasteiger partial charge on any atom is -0.480 e. The number of hydrogen-bond donors (Lipinski definition) is 3. The van der Waals surface area contributed by atoms with Crippen LogP contribution in [0.3, 0.4) is 0 Å². The molecule has 1 heterocycles. The third-order valence-corrected chi connectivity index (χ3v) is 4.69. The van der Waals surface area contributed by atoms with E-state index < -0.39 is 28.5 Å². The number of benzene rings is 1. The third-order valence-electron chi connectivity index (χ3n) is 3.15. The van der Waals surface area contributed by atoms with E-state index in [2.05, 4.69) is 5.43 Å². The average molecular weight is 403 g/mol. The number of ether oxygens (including phenoxy) is 1. The first-order valence-corrected chi connectivity index (χ1v) is 8.99. The number of carbonyl (C=O) groups is 2. The summed E-state index contributed by atoms with van der Waals surface area (Å²) >= 11 is 5.89. The van der Waals surface area contributed by atoms with Crippen molar-refractivity contribution in [2.45, 2.75) is 18.7 Å². The molecule has 0 radical (unpaired) electrons. The lowest BCUT2D eigenvalue weighted by Crippen LogP contribution is -2.41. The number of nitrogens with one attached hydrogen (secondary N) is 2. The van der Waals surface area contributed by atoms with Crippen LogP contribution in [0.4, 0.5) is 0 Å². The number of amides is 1. The van der Waals surface area contributed by atoms with Crippen molar-refractivity contribution in [3.63, 3.8) is 0 Å². The van der Waals surface area contributed by atoms with Gasteiger partial charge in [0.15, 0.2) is 6.61 Å². The number of hydrazine groups is 1. The van der Waals surface area contributed by atoms with E-state index in [-0.39, 0.29) is 21.2 Å². The molecule has 0 bridgehead atoms. The first kappa shape index (κ1) is 19.8. The largest absolute Gasteiger partial charge is 0.480 e. The molecular formula is C15H15ClN2O7S. The van der Waals surface area contributed by atoms with Crippen LogP contribution in [-0.2, 0) is 14.8 Å². The van der Waals surface area contributed by atoms with Crippen molar-refractivity contribution in [3.05, 3.63) is 46.4 Å². The van der Waals surface area contributed by atoms with E-state index in [1.165, 1.54) is 12.1 Å². The van der Waals surface area contributed by atoms with Gasteiger partial charge in [-0.25, -0.2) is 13.2 Å². The minimum atomic E-state index is -4.11. The van der Waals surface area contributed by atoms with Crippen molar-refractivity contribution >= 4 is 33.5 Å². The van der Waals surface area contributed by atoms with Crippen molar-refractivity contribution in [1.29, 1.82) is 0 Å². The quantitative estimate of drug-likeness (QED) is 0.599. The van der Waals surface area contributed by atoms with Gasteiger partial charge in [0.05, 0.1) is 15.5 Å². The highest BCUT2D eigenvalue weighted by atomic mass is 35.5. The lowest BCUT2D eigenvalue weighted by atomic mass is 10.2. The van der Waals surface area contributed by atoms with Crippen LogP contribution in [0, 0.1) is 13.8 Å². The molecule has 1 aromatic carbocycles. The molecule has 11 heteroatoms. The van der Waals surface area contributed by atoms with Crippen LogP contribution in [0.5, 0.6) is 5.75 Å². The van der Waals surface area contributed by atoms with Crippen LogP contribution >= 0.6 is 11.6 Å². The fourth-order valence-electron chi connectivity index (χ4n) is 2.00. The van der Waals surface area contributed by atoms with Gasteiger partial charge in [-0.1, -0.05) is 11.6 Å². The van der Waals surface area contributed by atoms with Crippen LogP contribution in [0.15, 0.2) is 33.6 Å². The summed E-state index contributed by atoms with van der Waals surface area (Å²) in [6, 6.07) is 4.92. The molecule has 0 atom stereocenters. The van der Waals surface area contributed by atoms with Crippen molar-refractivity contribution < 1.29 is 32.3 Å². The van der Waals surface area contributed by atoms with E-state index in [1.54, 1.807) is 13.8 Å². The Balaban J connectivity index is 2.10. The molecule has 0 saturated heterocycles. The Kier molecular flexibility index (Phi) is 5.90. The summed E-state index contributed by atoms with van der Waals surface area (Å²) < 4.78 is 34.6. The van der Waals surface area contributed by atoms with Crippen LogP contribution < -0.4 is 15.0 Å². The molecule has 2 rings (SSSR count). The molecule has 26 heavy (non-hydrogen) atoms. The number of aryl methyl sites for hydroxylation is 2. The number of carboxylic acids is 1. The normalized spacial score (nSPS) is 11.2. The van der Waals surface area contributed by atoms with E-state index >= 15 is 0 Å². The second-order valence-corrected chi connectivity index (χ2v) is 7.25. The molecule has 1 aromatic heterocycles. The summed E-state index contributed by atoms with van der Waals surface area (Å²) in [6.45, 7) is 2.61. The predicted octanol–water partition coefficient (Wildman–Crippen LogP) is 1.64. The molecule has 2 aromatic rings. The maximum absolute atomic E-state index is 12.2. The fourth-order valence-corrected chi connectivity index (χ4v) is 3.17. The summed E-state index contributed by atoms with van der Waals surface area (Å²) in [5.74, 6) is -1.01. The van der Waals surface area contributed by atoms with Crippen LogP contribution in [0.2, 0.25) is 5.02 Å². The molecule has 0 aliphatic rings. The number of rotatable bonds is 7. The molecule has 140 valence electrons. The third kappa shape index (κ3) is 4.75. The Bertz CT molecular complexity index is 953. The smallest absolute Gasteiger partial charge is 0.341 e. The predicted molar refractivity (Wildman–Crippen MR) is 90.6 cm³/mol. The highest BCUT2D eigenvalue weighted by Gasteiger charge is 2.19. The zero-order chi connectivity index (χ0) is 19.5. The topological polar surface area (TPSA) is 135 Å². The number of sulfonamides is 1. The molecule has 0 saturated carbocycles. The number of carboxylic acid groups (broad SMARTS) is 1. The highest BCUT2D eigenvalue weighted by Crippen LogP contribution is 2.27. The molecule has 1 amide bonds. The van der Waals surface area contributed by atoms with Gasteiger partial charge in [0, 0.05) is 0 Å². The van der Waals surface area contributed by atoms with Gasteiger partial charge in [-0.3, -0.25) is 10.2 Å². The van der Waals surface area contributed by atoms with E-state index in [1.807, 2.05) is 4.83 Å². The Labute approximate surface area is 153 Å². The maximum atomic E-state index is 12.2. The summed E-state index contributed by atoms with van der Waals surface area (Å²) in [5, 5.41) is 8.47. The maximum Gasteiger partial charge on any atom is 0.341 e. The number of carbonyl (C=O) groups excluding carboxylic acids is 1. The Morgan fingerprint density at radius 1 is 1.27 bits per heavy atom. The summed E-state index contributed by atoms with van der Waals surface area (Å²) in [7, 11) is -4.11. The fraction of sp³-hybridized carbons (Fsp3) is 0.200. The molecular weight excluding hydrogens is 388 g/mol. The molecule has 0 spiro atoms. The summed E-state index contributed by atoms with van der Waals surface area (Å²) in [5.41, 5.74) is 2.27. The standard InChI is InChI=1S/C15H15ClN2O7S/c1-8-5-11(9(2)25-8)15(21)17-18-26(22,23)10-3-4-13(12(16)6-10)24-7-14(19)20/h3-6,18H,7H2,1-2H3,(H,17,21)(H,19,20). The average Bonchev–Trinajstić information content (AvgIpc) is 2.90. The van der Waals surface area contributed by atoms with Gasteiger partial charge in [0.25, 0.3) is 15.9 Å². The molecule has 0 aliphatic carbocycles. The first-order valence-electron chi connectivity index (χ1n) is 7.13. The lowest BCUT2D eigenvalue weighted by Gasteiger charge is -2.10. The van der Waals surface area contributed by atoms with Crippen molar-refractivity contribution in [3.8, 4) is 5.75 Å². The highest BCUT2D eigenvalue weighted by molar-refractivity contribution is 7.89. The van der Waals surface area contributed by atoms with Gasteiger partial charge < -0.3 is 14.3 Å². The Hall–Kier alpha value is -2.56. The number of hydrogen-bond acceptors (Lipinski definition) is 6. The van der Waals surface area contributed by atoms with E-state index in [0.29, 0.717) is 11.5 Å². The molecule has 0 aliphatic heterocycles. The van der Waals surface area contributed by atoms with E-state index in [4.69, 9.17) is 25.9 Å². The Morgan fingerprint density at radius 3 is 2.50 bits per heavy atom. The zero-order valence-corrected chi connectivity index (χ0v) is 15.3. The number of furan rings is 1. The van der Waals surface area contributed by atoms with Gasteiger partial charge in [-0.05, 0) is 38.1 Å². The van der Waals surface area contributed by atoms with Crippen molar-refractivity contribution in [2.24, 2.45) is 0 Å². The summed E-state index contributed by atoms with van der Waals surface area (Å²) in [4.78, 5) is 24.2. The number of halogens is 1. The second-order valence-electron chi connectivity index (χ2n) is 5.16. The first-order chi connectivity index (χ1) is 12.1. The van der Waals surface area contributed by atoms with Gasteiger partial charge in [-0.15, -0.1) is 4.83 Å². The molecule has 0 unspecified atom stereocenters. The van der Waals surface area contributed by atoms with Crippen LogP contribution in [0.1, 0.15) is 21.9 Å². The van der Waals surface area contributed by atoms with E-state index in [0.717, 1.165) is 12.1 Å². The van der Waals surface area contributed by atoms with Crippen molar-refractivity contribution in [2.75, 3.05) is 6.61 Å². The summed E-state index contributed by atoms with van der Waals surface area (Å²) in [6.07, 6.45) is 0. The van der Waals surface area contributed by atoms with Gasteiger partial charge >= 0.3 is 5.97 Å². The van der Waals surface area contributed by atoms with E-state index in [9.17, 15) is 18.0 Å².